The molecule has 0 amide bonds. The summed E-state index contributed by atoms with van der Waals surface area (Å²) in [7, 11) is 0. The van der Waals surface area contributed by atoms with Crippen LogP contribution in [0.4, 0.5) is 11.6 Å². The van der Waals surface area contributed by atoms with Crippen LogP contribution in [-0.2, 0) is 0 Å². The van der Waals surface area contributed by atoms with Gasteiger partial charge in [0.05, 0.1) is 29.7 Å². The van der Waals surface area contributed by atoms with Crippen LogP contribution in [0.25, 0.3) is 21.9 Å². The minimum atomic E-state index is -0.929. The smallest absolute Gasteiger partial charge is 0.145 e. The van der Waals surface area contributed by atoms with Crippen molar-refractivity contribution in [3.05, 3.63) is 48.9 Å². The summed E-state index contributed by atoms with van der Waals surface area (Å²) in [6.45, 7) is 2.39. The van der Waals surface area contributed by atoms with Crippen LogP contribution in [0.1, 0.15) is 25.3 Å². The molecule has 4 atom stereocenters. The minimum absolute atomic E-state index is 0.226. The maximum Gasteiger partial charge on any atom is 0.145 e. The Labute approximate surface area is 196 Å². The number of nitrogen functional groups attached to an aromatic ring is 1. The van der Waals surface area contributed by atoms with E-state index < -0.39 is 12.2 Å². The normalized spacial score (nSPS) is 24.9. The molecule has 34 heavy (non-hydrogen) atoms. The SMILES string of the molecule is Nc1ncnc2c1ccn2[C@@H]1C[C@H](COc2ccc3ccc(N4CCCC4)nc3c2)[C@@H](O)[C@H]1O. The molecule has 4 N–H and O–H groups in total. The zero-order chi connectivity index (χ0) is 23.2. The number of pyridine rings is 1. The van der Waals surface area contributed by atoms with Crippen molar-refractivity contribution in [2.24, 2.45) is 5.92 Å². The Kier molecular flexibility index (Phi) is 5.23. The fraction of sp³-hybridized carbons (Fsp3) is 0.400. The molecule has 2 fully saturated rings. The average Bonchev–Trinajstić information content (AvgIpc) is 3.59. The number of aliphatic hydroxyl groups is 2. The molecule has 0 radical (unpaired) electrons. The quantitative estimate of drug-likeness (QED) is 0.415. The first-order valence-corrected chi connectivity index (χ1v) is 11.8. The van der Waals surface area contributed by atoms with Gasteiger partial charge in [-0.25, -0.2) is 15.0 Å². The topological polar surface area (TPSA) is 123 Å². The van der Waals surface area contributed by atoms with Crippen LogP contribution in [-0.4, -0.2) is 61.6 Å². The molecule has 1 saturated heterocycles. The molecular formula is C25H28N6O3. The van der Waals surface area contributed by atoms with Crippen molar-refractivity contribution >= 4 is 33.6 Å². The molecule has 4 aromatic rings. The molecule has 1 aromatic carbocycles. The molecule has 3 aromatic heterocycles. The van der Waals surface area contributed by atoms with E-state index in [1.165, 1.54) is 19.2 Å². The van der Waals surface area contributed by atoms with E-state index in [1.807, 2.05) is 35.0 Å². The van der Waals surface area contributed by atoms with Gasteiger partial charge in [-0.15, -0.1) is 0 Å². The maximum absolute atomic E-state index is 10.8. The van der Waals surface area contributed by atoms with E-state index in [0.29, 0.717) is 30.2 Å². The lowest BCUT2D eigenvalue weighted by Crippen LogP contribution is -2.31. The summed E-state index contributed by atoms with van der Waals surface area (Å²) in [4.78, 5) is 15.5. The first kappa shape index (κ1) is 21.1. The summed E-state index contributed by atoms with van der Waals surface area (Å²) in [5, 5.41) is 23.3. The van der Waals surface area contributed by atoms with Gasteiger partial charge >= 0.3 is 0 Å². The molecular weight excluding hydrogens is 432 g/mol. The second-order valence-corrected chi connectivity index (χ2v) is 9.29. The van der Waals surface area contributed by atoms with Gasteiger partial charge in [-0.2, -0.15) is 0 Å². The van der Waals surface area contributed by atoms with Gasteiger partial charge in [0.15, 0.2) is 0 Å². The fourth-order valence-corrected chi connectivity index (χ4v) is 5.30. The zero-order valence-electron chi connectivity index (χ0n) is 18.8. The zero-order valence-corrected chi connectivity index (χ0v) is 18.8. The summed E-state index contributed by atoms with van der Waals surface area (Å²) in [5.74, 6) is 1.88. The number of fused-ring (bicyclic) bond motifs is 2. The van der Waals surface area contributed by atoms with Crippen molar-refractivity contribution in [2.75, 3.05) is 30.3 Å². The van der Waals surface area contributed by atoms with Gasteiger partial charge in [0.1, 0.15) is 35.5 Å². The highest BCUT2D eigenvalue weighted by atomic mass is 16.5. The summed E-state index contributed by atoms with van der Waals surface area (Å²) < 4.78 is 7.95. The largest absolute Gasteiger partial charge is 0.493 e. The van der Waals surface area contributed by atoms with Crippen LogP contribution in [0.5, 0.6) is 5.75 Å². The van der Waals surface area contributed by atoms with Crippen LogP contribution in [0.15, 0.2) is 48.9 Å². The third-order valence-corrected chi connectivity index (χ3v) is 7.21. The summed E-state index contributed by atoms with van der Waals surface area (Å²) in [6, 6.07) is 11.6. The number of nitrogens with zero attached hydrogens (tertiary/aromatic N) is 5. The third kappa shape index (κ3) is 3.61. The second kappa shape index (κ2) is 8.41. The van der Waals surface area contributed by atoms with Crippen molar-refractivity contribution < 1.29 is 14.9 Å². The molecule has 1 aliphatic heterocycles. The number of aromatic nitrogens is 4. The van der Waals surface area contributed by atoms with Gasteiger partial charge < -0.3 is 30.2 Å². The number of nitrogens with two attached hydrogens (primary N) is 1. The van der Waals surface area contributed by atoms with E-state index >= 15 is 0 Å². The van der Waals surface area contributed by atoms with Crippen LogP contribution >= 0.6 is 0 Å². The van der Waals surface area contributed by atoms with E-state index in [1.54, 1.807) is 0 Å². The molecule has 0 unspecified atom stereocenters. The van der Waals surface area contributed by atoms with Crippen LogP contribution in [0.3, 0.4) is 0 Å². The minimum Gasteiger partial charge on any atom is -0.493 e. The molecule has 9 nitrogen and oxygen atoms in total. The molecule has 4 heterocycles. The van der Waals surface area contributed by atoms with E-state index in [4.69, 9.17) is 15.5 Å². The highest BCUT2D eigenvalue weighted by Gasteiger charge is 2.43. The Morgan fingerprint density at radius 1 is 1.03 bits per heavy atom. The maximum atomic E-state index is 10.8. The van der Waals surface area contributed by atoms with Crippen LogP contribution < -0.4 is 15.4 Å². The Hall–Kier alpha value is -3.43. The third-order valence-electron chi connectivity index (χ3n) is 7.21. The molecule has 176 valence electrons. The van der Waals surface area contributed by atoms with Crippen LogP contribution in [0, 0.1) is 5.92 Å². The Balaban J connectivity index is 1.18. The summed E-state index contributed by atoms with van der Waals surface area (Å²) in [5.41, 5.74) is 7.49. The highest BCUT2D eigenvalue weighted by Crippen LogP contribution is 2.38. The molecule has 1 aliphatic carbocycles. The van der Waals surface area contributed by atoms with Crippen molar-refractivity contribution in [3.63, 3.8) is 0 Å². The molecule has 0 bridgehead atoms. The molecule has 6 rings (SSSR count). The van der Waals surface area contributed by atoms with Crippen molar-refractivity contribution in [1.82, 2.24) is 19.5 Å². The number of ether oxygens (including phenoxy) is 1. The fourth-order valence-electron chi connectivity index (χ4n) is 5.30. The number of rotatable bonds is 5. The number of hydrogen-bond acceptors (Lipinski definition) is 8. The summed E-state index contributed by atoms with van der Waals surface area (Å²) in [6.07, 6.45) is 4.39. The van der Waals surface area contributed by atoms with Crippen molar-refractivity contribution in [1.29, 1.82) is 0 Å². The molecule has 1 saturated carbocycles. The van der Waals surface area contributed by atoms with Gasteiger partial charge in [-0.1, -0.05) is 0 Å². The van der Waals surface area contributed by atoms with E-state index in [9.17, 15) is 10.2 Å². The van der Waals surface area contributed by atoms with Gasteiger partial charge in [0.2, 0.25) is 0 Å². The first-order valence-electron chi connectivity index (χ1n) is 11.8. The van der Waals surface area contributed by atoms with Crippen molar-refractivity contribution in [2.45, 2.75) is 37.5 Å². The number of hydrogen-bond donors (Lipinski definition) is 3. The first-order chi connectivity index (χ1) is 16.6. The number of anilines is 2. The Morgan fingerprint density at radius 2 is 1.85 bits per heavy atom. The second-order valence-electron chi connectivity index (χ2n) is 9.29. The average molecular weight is 461 g/mol. The molecule has 0 spiro atoms. The van der Waals surface area contributed by atoms with E-state index in [0.717, 1.165) is 35.2 Å². The molecule has 2 aliphatic rings. The number of benzene rings is 1. The van der Waals surface area contributed by atoms with E-state index in [-0.39, 0.29) is 12.0 Å². The van der Waals surface area contributed by atoms with Gasteiger partial charge in [-0.05, 0) is 49.6 Å². The summed E-state index contributed by atoms with van der Waals surface area (Å²) >= 11 is 0. The van der Waals surface area contributed by atoms with E-state index in [2.05, 4.69) is 27.0 Å². The molecule has 9 heteroatoms. The van der Waals surface area contributed by atoms with Gasteiger partial charge in [-0.3, -0.25) is 0 Å². The lowest BCUT2D eigenvalue weighted by atomic mass is 10.1. The number of aliphatic hydroxyl groups excluding tert-OH is 2. The standard InChI is InChI=1S/C25H28N6O3/c26-24-18-7-10-31(25(18)28-14-27-24)20-11-16(22(32)23(20)33)13-34-17-5-3-15-4-6-21(29-19(15)12-17)30-8-1-2-9-30/h3-7,10,12,14,16,20,22-23,32-33H,1-2,8-9,11,13H2,(H2,26,27,28)/t16-,20-,22-,23+/m1/s1. The van der Waals surface area contributed by atoms with Gasteiger partial charge in [0, 0.05) is 36.7 Å². The Bertz CT molecular complexity index is 1330. The predicted molar refractivity (Wildman–Crippen MR) is 130 cm³/mol. The highest BCUT2D eigenvalue weighted by molar-refractivity contribution is 5.86. The monoisotopic (exact) mass is 460 g/mol. The lowest BCUT2D eigenvalue weighted by molar-refractivity contribution is -0.00141. The lowest BCUT2D eigenvalue weighted by Gasteiger charge is -2.19. The predicted octanol–water partition coefficient (Wildman–Crippen LogP) is 2.52. The van der Waals surface area contributed by atoms with Gasteiger partial charge in [0.25, 0.3) is 0 Å². The van der Waals surface area contributed by atoms with Crippen LogP contribution in [0.2, 0.25) is 0 Å². The Morgan fingerprint density at radius 3 is 2.71 bits per heavy atom. The van der Waals surface area contributed by atoms with Crippen molar-refractivity contribution in [3.8, 4) is 5.75 Å².